The van der Waals surface area contributed by atoms with Gasteiger partial charge in [-0.2, -0.15) is 0 Å². The lowest BCUT2D eigenvalue weighted by Gasteiger charge is -2.15. The van der Waals surface area contributed by atoms with Gasteiger partial charge in [0.1, 0.15) is 0 Å². The first-order valence-corrected chi connectivity index (χ1v) is 9.76. The molecule has 0 heterocycles. The van der Waals surface area contributed by atoms with Crippen LogP contribution in [-0.4, -0.2) is 20.6 Å². The van der Waals surface area contributed by atoms with E-state index in [1.54, 1.807) is 24.3 Å². The van der Waals surface area contributed by atoms with Crippen LogP contribution in [-0.2, 0) is 14.8 Å². The third kappa shape index (κ3) is 6.08. The van der Waals surface area contributed by atoms with Gasteiger partial charge in [0.25, 0.3) is 0 Å². The molecule has 0 aliphatic heterocycles. The van der Waals surface area contributed by atoms with Crippen LogP contribution in [0.5, 0.6) is 0 Å². The highest BCUT2D eigenvalue weighted by Crippen LogP contribution is 2.19. The van der Waals surface area contributed by atoms with Crippen molar-refractivity contribution in [3.05, 3.63) is 71.8 Å². The highest BCUT2D eigenvalue weighted by atomic mass is 32.2. The summed E-state index contributed by atoms with van der Waals surface area (Å²) in [4.78, 5) is 12.2. The maximum absolute atomic E-state index is 12.2. The monoisotopic (exact) mass is 358 g/mol. The molecule has 25 heavy (non-hydrogen) atoms. The van der Waals surface area contributed by atoms with Crippen LogP contribution in [0.15, 0.2) is 60.7 Å². The van der Waals surface area contributed by atoms with Gasteiger partial charge in [0, 0.05) is 11.8 Å². The van der Waals surface area contributed by atoms with Crippen LogP contribution in [0.2, 0.25) is 0 Å². The number of benzene rings is 2. The molecule has 0 fully saturated rings. The third-order valence-electron chi connectivity index (χ3n) is 3.63. The Morgan fingerprint density at radius 1 is 1.08 bits per heavy atom. The first-order valence-electron chi connectivity index (χ1n) is 7.86. The SMILES string of the molecule is CC(=CC(=O)NC(C)c1cccc(NS(C)(=O)=O)c1)c1ccccc1. The third-order valence-corrected chi connectivity index (χ3v) is 4.23. The highest BCUT2D eigenvalue weighted by Gasteiger charge is 2.10. The molecule has 2 rings (SSSR count). The Hall–Kier alpha value is -2.60. The van der Waals surface area contributed by atoms with E-state index in [4.69, 9.17) is 0 Å². The average molecular weight is 358 g/mol. The summed E-state index contributed by atoms with van der Waals surface area (Å²) in [6.07, 6.45) is 2.66. The molecule has 2 N–H and O–H groups in total. The van der Waals surface area contributed by atoms with Crippen LogP contribution in [0.4, 0.5) is 5.69 Å². The molecule has 0 aliphatic rings. The van der Waals surface area contributed by atoms with E-state index >= 15 is 0 Å². The van der Waals surface area contributed by atoms with E-state index in [0.717, 1.165) is 23.0 Å². The lowest BCUT2D eigenvalue weighted by molar-refractivity contribution is -0.117. The fraction of sp³-hybridized carbons (Fsp3) is 0.211. The zero-order valence-corrected chi connectivity index (χ0v) is 15.3. The van der Waals surface area contributed by atoms with Crippen LogP contribution < -0.4 is 10.0 Å². The molecule has 0 radical (unpaired) electrons. The fourth-order valence-electron chi connectivity index (χ4n) is 2.40. The quantitative estimate of drug-likeness (QED) is 0.778. The van der Waals surface area contributed by atoms with E-state index < -0.39 is 10.0 Å². The van der Waals surface area contributed by atoms with Crippen LogP contribution in [0.1, 0.15) is 31.0 Å². The minimum Gasteiger partial charge on any atom is -0.346 e. The number of amides is 1. The van der Waals surface area contributed by atoms with Crippen molar-refractivity contribution in [3.63, 3.8) is 0 Å². The molecular formula is C19H22N2O3S. The largest absolute Gasteiger partial charge is 0.346 e. The molecule has 0 saturated heterocycles. The number of carbonyl (C=O) groups is 1. The van der Waals surface area contributed by atoms with Crippen molar-refractivity contribution in [1.29, 1.82) is 0 Å². The number of rotatable bonds is 6. The number of anilines is 1. The second-order valence-corrected chi connectivity index (χ2v) is 7.67. The van der Waals surface area contributed by atoms with Gasteiger partial charge >= 0.3 is 0 Å². The summed E-state index contributed by atoms with van der Waals surface area (Å²) < 4.78 is 25.1. The predicted molar refractivity (Wildman–Crippen MR) is 102 cm³/mol. The van der Waals surface area contributed by atoms with Crippen molar-refractivity contribution in [2.24, 2.45) is 0 Å². The normalized spacial score (nSPS) is 13.2. The van der Waals surface area contributed by atoms with Crippen molar-refractivity contribution in [3.8, 4) is 0 Å². The molecule has 1 atom stereocenters. The van der Waals surface area contributed by atoms with Crippen LogP contribution >= 0.6 is 0 Å². The van der Waals surface area contributed by atoms with Crippen molar-refractivity contribution < 1.29 is 13.2 Å². The maximum Gasteiger partial charge on any atom is 0.244 e. The van der Waals surface area contributed by atoms with Crippen molar-refractivity contribution in [2.45, 2.75) is 19.9 Å². The van der Waals surface area contributed by atoms with Crippen LogP contribution in [0, 0.1) is 0 Å². The average Bonchev–Trinajstić information content (AvgIpc) is 2.54. The molecule has 2 aromatic rings. The maximum atomic E-state index is 12.2. The number of allylic oxidation sites excluding steroid dienone is 1. The first kappa shape index (κ1) is 18.7. The smallest absolute Gasteiger partial charge is 0.244 e. The molecule has 2 aromatic carbocycles. The van der Waals surface area contributed by atoms with Gasteiger partial charge in [0.2, 0.25) is 15.9 Å². The molecule has 0 aromatic heterocycles. The molecule has 1 unspecified atom stereocenters. The molecule has 5 nitrogen and oxygen atoms in total. The summed E-state index contributed by atoms with van der Waals surface area (Å²) in [5.41, 5.74) is 3.15. The topological polar surface area (TPSA) is 75.3 Å². The number of carbonyl (C=O) groups excluding carboxylic acids is 1. The molecule has 132 valence electrons. The Kier molecular flexibility index (Phi) is 5.98. The van der Waals surface area contributed by atoms with E-state index in [0.29, 0.717) is 5.69 Å². The lowest BCUT2D eigenvalue weighted by atomic mass is 10.1. The Bertz CT molecular complexity index is 875. The summed E-state index contributed by atoms with van der Waals surface area (Å²) in [7, 11) is -3.34. The molecule has 0 saturated carbocycles. The van der Waals surface area contributed by atoms with Gasteiger partial charge in [-0.05, 0) is 42.7 Å². The van der Waals surface area contributed by atoms with Crippen molar-refractivity contribution >= 4 is 27.2 Å². The van der Waals surface area contributed by atoms with E-state index in [1.807, 2.05) is 50.2 Å². The predicted octanol–water partition coefficient (Wildman–Crippen LogP) is 3.34. The standard InChI is InChI=1S/C19H22N2O3S/c1-14(16-8-5-4-6-9-16)12-19(22)20-15(2)17-10-7-11-18(13-17)21-25(3,23)24/h4-13,15,21H,1-3H3,(H,20,22). The van der Waals surface area contributed by atoms with Gasteiger partial charge in [0.05, 0.1) is 12.3 Å². The second-order valence-electron chi connectivity index (χ2n) is 5.92. The Morgan fingerprint density at radius 3 is 2.40 bits per heavy atom. The second kappa shape index (κ2) is 7.98. The Labute approximate surface area is 148 Å². The molecule has 6 heteroatoms. The summed E-state index contributed by atoms with van der Waals surface area (Å²) in [6, 6.07) is 16.4. The Morgan fingerprint density at radius 2 is 1.76 bits per heavy atom. The number of nitrogens with one attached hydrogen (secondary N) is 2. The number of hydrogen-bond acceptors (Lipinski definition) is 3. The van der Waals surface area contributed by atoms with E-state index in [-0.39, 0.29) is 11.9 Å². The zero-order chi connectivity index (χ0) is 18.4. The highest BCUT2D eigenvalue weighted by molar-refractivity contribution is 7.92. The van der Waals surface area contributed by atoms with Crippen LogP contribution in [0.3, 0.4) is 0 Å². The number of sulfonamides is 1. The van der Waals surface area contributed by atoms with Crippen molar-refractivity contribution in [1.82, 2.24) is 5.32 Å². The first-order chi connectivity index (χ1) is 11.7. The summed E-state index contributed by atoms with van der Waals surface area (Å²) in [6.45, 7) is 3.74. The number of hydrogen-bond donors (Lipinski definition) is 2. The molecule has 0 spiro atoms. The van der Waals surface area contributed by atoms with Crippen LogP contribution in [0.25, 0.3) is 5.57 Å². The van der Waals surface area contributed by atoms with Gasteiger partial charge in [-0.25, -0.2) is 8.42 Å². The summed E-state index contributed by atoms with van der Waals surface area (Å²) in [5.74, 6) is -0.199. The Balaban J connectivity index is 2.07. The van der Waals surface area contributed by atoms with Gasteiger partial charge in [0.15, 0.2) is 0 Å². The van der Waals surface area contributed by atoms with Gasteiger partial charge in [-0.15, -0.1) is 0 Å². The zero-order valence-electron chi connectivity index (χ0n) is 14.5. The molecule has 0 bridgehead atoms. The van der Waals surface area contributed by atoms with E-state index in [1.165, 1.54) is 0 Å². The van der Waals surface area contributed by atoms with Gasteiger partial charge in [-0.3, -0.25) is 9.52 Å². The summed E-state index contributed by atoms with van der Waals surface area (Å²) >= 11 is 0. The van der Waals surface area contributed by atoms with E-state index in [2.05, 4.69) is 10.0 Å². The van der Waals surface area contributed by atoms with Gasteiger partial charge in [-0.1, -0.05) is 42.5 Å². The lowest BCUT2D eigenvalue weighted by Crippen LogP contribution is -2.25. The molecule has 1 amide bonds. The molecule has 0 aliphatic carbocycles. The molecular weight excluding hydrogens is 336 g/mol. The minimum atomic E-state index is -3.34. The minimum absolute atomic E-state index is 0.199. The summed E-state index contributed by atoms with van der Waals surface area (Å²) in [5, 5.41) is 2.89. The van der Waals surface area contributed by atoms with Crippen molar-refractivity contribution in [2.75, 3.05) is 11.0 Å². The van der Waals surface area contributed by atoms with E-state index in [9.17, 15) is 13.2 Å². The fourth-order valence-corrected chi connectivity index (χ4v) is 2.96. The van der Waals surface area contributed by atoms with Gasteiger partial charge < -0.3 is 5.32 Å².